The van der Waals surface area contributed by atoms with E-state index < -0.39 is 5.91 Å². The summed E-state index contributed by atoms with van der Waals surface area (Å²) in [6.45, 7) is 0. The number of hydrogen-bond acceptors (Lipinski definition) is 4. The van der Waals surface area contributed by atoms with Crippen LogP contribution in [0.5, 0.6) is 0 Å². The lowest BCUT2D eigenvalue weighted by atomic mass is 10.0. The molecule has 3 N–H and O–H groups in total. The third-order valence-corrected chi connectivity index (χ3v) is 5.19. The zero-order chi connectivity index (χ0) is 22.5. The lowest BCUT2D eigenvalue weighted by Gasteiger charge is -2.11. The molecule has 0 aliphatic heterocycles. The molecule has 0 unspecified atom stereocenters. The molecule has 2 heterocycles. The molecule has 2 aromatic carbocycles. The Hall–Kier alpha value is -4.03. The molecule has 2 aromatic heterocycles. The molecule has 158 valence electrons. The predicted molar refractivity (Wildman–Crippen MR) is 125 cm³/mol. The smallest absolute Gasteiger partial charge is 0.267 e. The summed E-state index contributed by atoms with van der Waals surface area (Å²) in [5.74, 6) is -1.00. The van der Waals surface area contributed by atoms with Crippen LogP contribution in [0.2, 0.25) is 5.02 Å². The lowest BCUT2D eigenvalue weighted by molar-refractivity contribution is 0.0989. The number of nitrogens with zero attached hydrogens (tertiary/aromatic N) is 2. The Morgan fingerprint density at radius 3 is 2.44 bits per heavy atom. The number of amides is 2. The number of hydrogen-bond donors (Lipinski definition) is 2. The molecule has 0 spiro atoms. The van der Waals surface area contributed by atoms with Gasteiger partial charge in [0.1, 0.15) is 5.69 Å². The summed E-state index contributed by atoms with van der Waals surface area (Å²) in [4.78, 5) is 33.2. The summed E-state index contributed by atoms with van der Waals surface area (Å²) in [6.07, 6.45) is 3.45. The van der Waals surface area contributed by atoms with E-state index in [-0.39, 0.29) is 11.6 Å². The second-order valence-electron chi connectivity index (χ2n) is 7.12. The fourth-order valence-corrected chi connectivity index (χ4v) is 3.55. The van der Waals surface area contributed by atoms with E-state index in [9.17, 15) is 9.59 Å². The normalized spacial score (nSPS) is 10.5. The number of carbonyl (C=O) groups is 2. The van der Waals surface area contributed by atoms with Crippen molar-refractivity contribution in [1.82, 2.24) is 9.97 Å². The Kier molecular flexibility index (Phi) is 6.24. The Bertz CT molecular complexity index is 1280. The fraction of sp³-hybridized carbons (Fsp3) is 0.0400. The van der Waals surface area contributed by atoms with Crippen LogP contribution in [-0.2, 0) is 6.42 Å². The molecule has 32 heavy (non-hydrogen) atoms. The highest BCUT2D eigenvalue weighted by atomic mass is 35.5. The van der Waals surface area contributed by atoms with E-state index in [1.165, 1.54) is 6.20 Å². The van der Waals surface area contributed by atoms with Gasteiger partial charge >= 0.3 is 0 Å². The highest BCUT2D eigenvalue weighted by Gasteiger charge is 2.16. The predicted octanol–water partition coefficient (Wildman–Crippen LogP) is 4.74. The zero-order valence-corrected chi connectivity index (χ0v) is 17.7. The maximum absolute atomic E-state index is 12.9. The molecule has 0 bridgehead atoms. The summed E-state index contributed by atoms with van der Waals surface area (Å²) in [7, 11) is 0. The van der Waals surface area contributed by atoms with Crippen molar-refractivity contribution in [3.05, 3.63) is 113 Å². The number of carbonyl (C=O) groups excluding carboxylic acids is 2. The maximum Gasteiger partial charge on any atom is 0.267 e. The van der Waals surface area contributed by atoms with Crippen molar-refractivity contribution in [1.29, 1.82) is 0 Å². The van der Waals surface area contributed by atoms with Crippen LogP contribution in [0.4, 0.5) is 5.69 Å². The number of anilines is 1. The second kappa shape index (κ2) is 9.41. The molecule has 0 saturated heterocycles. The van der Waals surface area contributed by atoms with Gasteiger partial charge in [0.25, 0.3) is 11.8 Å². The average Bonchev–Trinajstić information content (AvgIpc) is 2.81. The third-order valence-electron chi connectivity index (χ3n) is 4.86. The minimum absolute atomic E-state index is 0.148. The van der Waals surface area contributed by atoms with Crippen molar-refractivity contribution in [3.8, 4) is 11.3 Å². The molecule has 4 aromatic rings. The minimum Gasteiger partial charge on any atom is -0.364 e. The van der Waals surface area contributed by atoms with E-state index in [4.69, 9.17) is 17.3 Å². The van der Waals surface area contributed by atoms with E-state index >= 15 is 0 Å². The van der Waals surface area contributed by atoms with Gasteiger partial charge in [0, 0.05) is 23.6 Å². The molecule has 0 saturated carbocycles. The molecule has 2 amide bonds. The molecular formula is C25H19ClN4O2. The summed E-state index contributed by atoms with van der Waals surface area (Å²) in [5.41, 5.74) is 9.47. The Morgan fingerprint density at radius 2 is 1.72 bits per heavy atom. The van der Waals surface area contributed by atoms with Gasteiger partial charge in [0.2, 0.25) is 0 Å². The van der Waals surface area contributed by atoms with Gasteiger partial charge < -0.3 is 11.1 Å². The first-order chi connectivity index (χ1) is 15.5. The topological polar surface area (TPSA) is 98.0 Å². The minimum atomic E-state index is -0.638. The summed E-state index contributed by atoms with van der Waals surface area (Å²) in [6, 6.07) is 21.9. The number of primary amides is 1. The van der Waals surface area contributed by atoms with E-state index in [1.54, 1.807) is 30.5 Å². The summed E-state index contributed by atoms with van der Waals surface area (Å²) >= 11 is 6.32. The Labute approximate surface area is 190 Å². The van der Waals surface area contributed by atoms with Gasteiger partial charge in [0.05, 0.1) is 16.3 Å². The van der Waals surface area contributed by atoms with Crippen molar-refractivity contribution in [2.45, 2.75) is 6.42 Å². The van der Waals surface area contributed by atoms with E-state index in [0.717, 1.165) is 5.56 Å². The number of nitrogens with one attached hydrogen (secondary N) is 1. The molecule has 0 aliphatic carbocycles. The first kappa shape index (κ1) is 21.2. The average molecular weight is 443 g/mol. The van der Waals surface area contributed by atoms with Crippen molar-refractivity contribution in [2.24, 2.45) is 5.73 Å². The Morgan fingerprint density at radius 1 is 0.938 bits per heavy atom. The number of benzene rings is 2. The first-order valence-corrected chi connectivity index (χ1v) is 10.2. The number of aromatic nitrogens is 2. The van der Waals surface area contributed by atoms with Crippen LogP contribution in [-0.4, -0.2) is 21.8 Å². The maximum atomic E-state index is 12.9. The van der Waals surface area contributed by atoms with Crippen LogP contribution >= 0.6 is 11.6 Å². The number of pyridine rings is 2. The zero-order valence-electron chi connectivity index (χ0n) is 17.0. The lowest BCUT2D eigenvalue weighted by Crippen LogP contribution is -2.19. The van der Waals surface area contributed by atoms with Crippen LogP contribution in [0.25, 0.3) is 11.3 Å². The largest absolute Gasteiger partial charge is 0.364 e. The van der Waals surface area contributed by atoms with Crippen LogP contribution in [0.15, 0.2) is 85.2 Å². The van der Waals surface area contributed by atoms with Gasteiger partial charge in [0.15, 0.2) is 0 Å². The van der Waals surface area contributed by atoms with E-state index in [1.807, 2.05) is 48.5 Å². The SMILES string of the molecule is NC(=O)c1ncc(C(=O)Nc2ccc(Cl)c(-c3ccccn3)c2)cc1Cc1ccccc1. The van der Waals surface area contributed by atoms with Gasteiger partial charge in [-0.15, -0.1) is 0 Å². The highest BCUT2D eigenvalue weighted by molar-refractivity contribution is 6.33. The van der Waals surface area contributed by atoms with Crippen LogP contribution in [0, 0.1) is 0 Å². The molecule has 0 radical (unpaired) electrons. The quantitative estimate of drug-likeness (QED) is 0.450. The van der Waals surface area contributed by atoms with Gasteiger partial charge in [-0.3, -0.25) is 14.6 Å². The van der Waals surface area contributed by atoms with E-state index in [2.05, 4.69) is 15.3 Å². The molecule has 7 heteroatoms. The molecule has 0 atom stereocenters. The standard InChI is InChI=1S/C25H19ClN4O2/c26-21-10-9-19(14-20(21)22-8-4-5-11-28-22)30-25(32)18-13-17(23(24(27)31)29-15-18)12-16-6-2-1-3-7-16/h1-11,13-15H,12H2,(H2,27,31)(H,30,32). The van der Waals surface area contributed by atoms with Gasteiger partial charge in [-0.05, 0) is 53.9 Å². The molecule has 0 aliphatic rings. The van der Waals surface area contributed by atoms with Crippen LogP contribution < -0.4 is 11.1 Å². The summed E-state index contributed by atoms with van der Waals surface area (Å²) in [5, 5.41) is 3.38. The van der Waals surface area contributed by atoms with Crippen molar-refractivity contribution < 1.29 is 9.59 Å². The van der Waals surface area contributed by atoms with Gasteiger partial charge in [-0.1, -0.05) is 48.0 Å². The van der Waals surface area contributed by atoms with Crippen LogP contribution in [0.1, 0.15) is 32.0 Å². The second-order valence-corrected chi connectivity index (χ2v) is 7.53. The third kappa shape index (κ3) is 4.82. The number of rotatable bonds is 6. The highest BCUT2D eigenvalue weighted by Crippen LogP contribution is 2.29. The molecule has 4 rings (SSSR count). The van der Waals surface area contributed by atoms with Crippen molar-refractivity contribution in [2.75, 3.05) is 5.32 Å². The molecule has 0 fully saturated rings. The molecular weight excluding hydrogens is 424 g/mol. The molecule has 6 nitrogen and oxygen atoms in total. The first-order valence-electron chi connectivity index (χ1n) is 9.86. The number of halogens is 1. The summed E-state index contributed by atoms with van der Waals surface area (Å²) < 4.78 is 0. The van der Waals surface area contributed by atoms with E-state index in [0.29, 0.717) is 39.5 Å². The fourth-order valence-electron chi connectivity index (χ4n) is 3.33. The van der Waals surface area contributed by atoms with Gasteiger partial charge in [-0.2, -0.15) is 0 Å². The van der Waals surface area contributed by atoms with Crippen molar-refractivity contribution in [3.63, 3.8) is 0 Å². The Balaban J connectivity index is 1.61. The monoisotopic (exact) mass is 442 g/mol. The van der Waals surface area contributed by atoms with Crippen molar-refractivity contribution >= 4 is 29.1 Å². The van der Waals surface area contributed by atoms with Crippen LogP contribution in [0.3, 0.4) is 0 Å². The van der Waals surface area contributed by atoms with Gasteiger partial charge in [-0.25, -0.2) is 4.98 Å². The number of nitrogens with two attached hydrogens (primary N) is 1.